The maximum absolute atomic E-state index is 12.9. The molecule has 1 atom stereocenters. The van der Waals surface area contributed by atoms with Crippen molar-refractivity contribution in [1.29, 1.82) is 0 Å². The van der Waals surface area contributed by atoms with Gasteiger partial charge in [-0.15, -0.1) is 0 Å². The van der Waals surface area contributed by atoms with Crippen LogP contribution in [0.2, 0.25) is 0 Å². The Morgan fingerprint density at radius 1 is 1.04 bits per heavy atom. The molecule has 1 N–H and O–H groups in total. The van der Waals surface area contributed by atoms with Gasteiger partial charge in [0.05, 0.1) is 11.3 Å². The summed E-state index contributed by atoms with van der Waals surface area (Å²) in [4.78, 5) is 18.0. The number of ketones is 1. The zero-order valence-corrected chi connectivity index (χ0v) is 20.1. The molecule has 0 amide bonds. The number of benzene rings is 1. The molecule has 0 aliphatic heterocycles. The molecule has 1 aliphatic carbocycles. The molecule has 0 aromatic heterocycles. The van der Waals surface area contributed by atoms with Gasteiger partial charge >= 0.3 is 29.6 Å². The fourth-order valence-corrected chi connectivity index (χ4v) is 4.00. The molecule has 0 saturated heterocycles. The van der Waals surface area contributed by atoms with Crippen LogP contribution in [0.3, 0.4) is 0 Å². The third kappa shape index (κ3) is 4.67. The standard InChI is InChI=1S/C22H31NO3.Na.H/c1-8-18(23-26-9-2)22-19(24)10-17(11-20(22)25)21-15(6)13(4)12(3)14(5)16(21)7;;/h17,24H,8-11H2,1-7H3;;/q;+1;-1. The van der Waals surface area contributed by atoms with Crippen LogP contribution >= 0.6 is 0 Å². The Hall–Kier alpha value is -1.10. The molecule has 4 nitrogen and oxygen atoms in total. The van der Waals surface area contributed by atoms with Gasteiger partial charge in [-0.2, -0.15) is 0 Å². The predicted molar refractivity (Wildman–Crippen MR) is 107 cm³/mol. The van der Waals surface area contributed by atoms with Crippen molar-refractivity contribution in [2.45, 2.75) is 73.6 Å². The third-order valence-electron chi connectivity index (χ3n) is 5.83. The smallest absolute Gasteiger partial charge is 1.00 e. The van der Waals surface area contributed by atoms with Crippen molar-refractivity contribution in [3.05, 3.63) is 44.7 Å². The number of nitrogens with zero attached hydrogens (tertiary/aromatic N) is 1. The molecular weight excluding hydrogens is 349 g/mol. The van der Waals surface area contributed by atoms with E-state index in [9.17, 15) is 9.90 Å². The van der Waals surface area contributed by atoms with Crippen LogP contribution in [0.15, 0.2) is 16.5 Å². The number of allylic oxidation sites excluding steroid dienone is 2. The van der Waals surface area contributed by atoms with Crippen molar-refractivity contribution < 1.29 is 45.7 Å². The fourth-order valence-electron chi connectivity index (χ4n) is 4.00. The minimum Gasteiger partial charge on any atom is -1.00 e. The second-order valence-electron chi connectivity index (χ2n) is 7.20. The van der Waals surface area contributed by atoms with E-state index in [1.54, 1.807) is 0 Å². The SMILES string of the molecule is CCON=C(CC)C1=C(O)CC(c2c(C)c(C)c(C)c(C)c2C)CC1=O.[H-].[Na+]. The Morgan fingerprint density at radius 2 is 1.56 bits per heavy atom. The summed E-state index contributed by atoms with van der Waals surface area (Å²) in [6, 6.07) is 0. The first kappa shape index (κ1) is 23.9. The van der Waals surface area contributed by atoms with Crippen molar-refractivity contribution in [2.75, 3.05) is 6.61 Å². The van der Waals surface area contributed by atoms with Crippen molar-refractivity contribution in [1.82, 2.24) is 0 Å². The molecule has 1 aromatic rings. The number of Topliss-reactive ketones (excluding diaryl/α,β-unsaturated/α-hetero) is 1. The summed E-state index contributed by atoms with van der Waals surface area (Å²) in [6.45, 7) is 14.9. The molecule has 0 radical (unpaired) electrons. The molecule has 1 aliphatic rings. The van der Waals surface area contributed by atoms with Crippen molar-refractivity contribution in [3.63, 3.8) is 0 Å². The van der Waals surface area contributed by atoms with Crippen LogP contribution in [0.4, 0.5) is 0 Å². The molecule has 0 fully saturated rings. The summed E-state index contributed by atoms with van der Waals surface area (Å²) in [5, 5.41) is 14.7. The molecule has 0 bridgehead atoms. The number of oxime groups is 1. The van der Waals surface area contributed by atoms with E-state index in [0.717, 1.165) is 0 Å². The molecule has 144 valence electrons. The minimum atomic E-state index is -0.0475. The van der Waals surface area contributed by atoms with Gasteiger partial charge in [0.2, 0.25) is 0 Å². The molecular formula is C22H32NNaO3. The second-order valence-corrected chi connectivity index (χ2v) is 7.20. The summed E-state index contributed by atoms with van der Waals surface area (Å²) in [7, 11) is 0. The Morgan fingerprint density at radius 3 is 2.00 bits per heavy atom. The van der Waals surface area contributed by atoms with Gasteiger partial charge in [0.15, 0.2) is 5.78 Å². The summed E-state index contributed by atoms with van der Waals surface area (Å²) in [5.41, 5.74) is 8.43. The Balaban J connectivity index is 0.00000364. The van der Waals surface area contributed by atoms with Crippen LogP contribution < -0.4 is 29.6 Å². The van der Waals surface area contributed by atoms with Gasteiger partial charge in [0.25, 0.3) is 0 Å². The first-order valence-electron chi connectivity index (χ1n) is 9.45. The van der Waals surface area contributed by atoms with E-state index in [-0.39, 0.29) is 48.4 Å². The van der Waals surface area contributed by atoms with Crippen molar-refractivity contribution >= 4 is 11.5 Å². The largest absolute Gasteiger partial charge is 1.00 e. The number of aliphatic hydroxyl groups is 1. The number of carbonyl (C=O) groups is 1. The zero-order valence-electron chi connectivity index (χ0n) is 19.1. The topological polar surface area (TPSA) is 58.9 Å². The average molecular weight is 381 g/mol. The molecule has 27 heavy (non-hydrogen) atoms. The quantitative estimate of drug-likeness (QED) is 0.484. The Labute approximate surface area is 186 Å². The van der Waals surface area contributed by atoms with Crippen LogP contribution in [-0.4, -0.2) is 23.2 Å². The maximum atomic E-state index is 12.9. The van der Waals surface area contributed by atoms with E-state index in [1.165, 1.54) is 33.4 Å². The van der Waals surface area contributed by atoms with Crippen LogP contribution in [0, 0.1) is 34.6 Å². The monoisotopic (exact) mass is 381 g/mol. The van der Waals surface area contributed by atoms with E-state index in [1.807, 2.05) is 13.8 Å². The number of rotatable bonds is 5. The summed E-state index contributed by atoms with van der Waals surface area (Å²) in [5.74, 6) is 0.101. The molecule has 0 heterocycles. The number of aliphatic hydroxyl groups excluding tert-OH is 1. The fraction of sp³-hybridized carbons (Fsp3) is 0.545. The molecule has 1 aromatic carbocycles. The van der Waals surface area contributed by atoms with Crippen molar-refractivity contribution in [2.24, 2.45) is 5.16 Å². The van der Waals surface area contributed by atoms with Gasteiger partial charge in [0.1, 0.15) is 12.4 Å². The van der Waals surface area contributed by atoms with Gasteiger partial charge in [-0.05, 0) is 87.3 Å². The first-order chi connectivity index (χ1) is 12.2. The van der Waals surface area contributed by atoms with E-state index in [4.69, 9.17) is 4.84 Å². The summed E-state index contributed by atoms with van der Waals surface area (Å²) in [6.07, 6.45) is 1.42. The molecule has 0 saturated carbocycles. The average Bonchev–Trinajstić information content (AvgIpc) is 2.60. The molecule has 5 heteroatoms. The summed E-state index contributed by atoms with van der Waals surface area (Å²) < 4.78 is 0. The predicted octanol–water partition coefficient (Wildman–Crippen LogP) is 2.41. The van der Waals surface area contributed by atoms with Crippen LogP contribution in [0.5, 0.6) is 0 Å². The van der Waals surface area contributed by atoms with E-state index in [0.29, 0.717) is 37.2 Å². The van der Waals surface area contributed by atoms with Crippen LogP contribution in [-0.2, 0) is 9.63 Å². The first-order valence-corrected chi connectivity index (χ1v) is 9.45. The van der Waals surface area contributed by atoms with Crippen LogP contribution in [0.25, 0.3) is 0 Å². The normalized spacial score (nSPS) is 17.8. The van der Waals surface area contributed by atoms with E-state index >= 15 is 0 Å². The van der Waals surface area contributed by atoms with E-state index < -0.39 is 0 Å². The van der Waals surface area contributed by atoms with Gasteiger partial charge in [-0.25, -0.2) is 0 Å². The number of hydrogen-bond acceptors (Lipinski definition) is 4. The zero-order chi connectivity index (χ0) is 19.6. The molecule has 2 rings (SSSR count). The van der Waals surface area contributed by atoms with Gasteiger partial charge < -0.3 is 11.4 Å². The Kier molecular flexibility index (Phi) is 8.78. The van der Waals surface area contributed by atoms with Gasteiger partial charge in [-0.3, -0.25) is 4.79 Å². The van der Waals surface area contributed by atoms with E-state index in [2.05, 4.69) is 39.8 Å². The molecule has 0 spiro atoms. The summed E-state index contributed by atoms with van der Waals surface area (Å²) >= 11 is 0. The number of hydrogen-bond donors (Lipinski definition) is 1. The van der Waals surface area contributed by atoms with Crippen LogP contribution in [0.1, 0.15) is 73.8 Å². The van der Waals surface area contributed by atoms with Gasteiger partial charge in [-0.1, -0.05) is 12.1 Å². The number of carbonyl (C=O) groups excluding carboxylic acids is 1. The third-order valence-corrected chi connectivity index (χ3v) is 5.83. The van der Waals surface area contributed by atoms with Crippen molar-refractivity contribution in [3.8, 4) is 0 Å². The second kappa shape index (κ2) is 9.90. The Bertz CT molecular complexity index is 770. The minimum absolute atomic E-state index is 0. The maximum Gasteiger partial charge on any atom is 1.00 e. The van der Waals surface area contributed by atoms with Gasteiger partial charge in [0, 0.05) is 12.8 Å². The molecule has 1 unspecified atom stereocenters.